The van der Waals surface area contributed by atoms with Crippen molar-refractivity contribution < 1.29 is 9.53 Å². The molecule has 1 aliphatic heterocycles. The van der Waals surface area contributed by atoms with Crippen molar-refractivity contribution >= 4 is 22.8 Å². The van der Waals surface area contributed by atoms with Crippen molar-refractivity contribution in [2.45, 2.75) is 12.5 Å². The molecule has 1 aliphatic rings. The van der Waals surface area contributed by atoms with Crippen molar-refractivity contribution in [1.29, 1.82) is 0 Å². The van der Waals surface area contributed by atoms with E-state index in [1.54, 1.807) is 6.08 Å². The van der Waals surface area contributed by atoms with Crippen LogP contribution >= 0.6 is 0 Å². The van der Waals surface area contributed by atoms with Gasteiger partial charge >= 0.3 is 0 Å². The Kier molecular flexibility index (Phi) is 7.22. The molecule has 1 saturated heterocycles. The molecule has 2 N–H and O–H groups in total. The fraction of sp³-hybridized carbons (Fsp3) is 0.320. The number of aromatic nitrogens is 3. The van der Waals surface area contributed by atoms with Crippen LogP contribution in [0.25, 0.3) is 11.0 Å². The summed E-state index contributed by atoms with van der Waals surface area (Å²) in [6.45, 7) is 2.41. The zero-order valence-corrected chi connectivity index (χ0v) is 18.9. The number of nitrogens with one attached hydrogen (secondary N) is 2. The van der Waals surface area contributed by atoms with Gasteiger partial charge in [-0.15, -0.1) is 0 Å². The molecule has 3 aromatic rings. The monoisotopic (exact) mass is 444 g/mol. The maximum atomic E-state index is 12.4. The minimum absolute atomic E-state index is 0.0471. The average molecular weight is 445 g/mol. The molecular formula is C25H28N6O2. The average Bonchev–Trinajstić information content (AvgIpc) is 3.45. The highest BCUT2D eigenvalue weighted by Gasteiger charge is 2.25. The normalized spacial score (nSPS) is 15.7. The summed E-state index contributed by atoms with van der Waals surface area (Å²) in [7, 11) is 3.95. The topological polar surface area (TPSA) is 86.4 Å². The number of rotatable bonds is 7. The molecule has 33 heavy (non-hydrogen) atoms. The summed E-state index contributed by atoms with van der Waals surface area (Å²) >= 11 is 0. The van der Waals surface area contributed by atoms with Crippen molar-refractivity contribution in [3.05, 3.63) is 60.6 Å². The van der Waals surface area contributed by atoms with E-state index in [0.29, 0.717) is 13.2 Å². The van der Waals surface area contributed by atoms with Gasteiger partial charge in [-0.1, -0.05) is 30.2 Å². The standard InChI is InChI=1S/C25H28N6O2/c1-30(2)13-6-11-23(32)31-14-12-20(17-31)29-25-22-16-19(28-24(22)26-18-27-25)8-7-15-33-21-9-4-3-5-10-21/h3-6,9-11,16,18,20H,12-15,17H2,1-2H3,(H2,26,27,28,29)/t20-/m1/s1. The van der Waals surface area contributed by atoms with Crippen molar-refractivity contribution in [2.24, 2.45) is 0 Å². The number of nitrogens with zero attached hydrogens (tertiary/aromatic N) is 4. The van der Waals surface area contributed by atoms with E-state index in [2.05, 4.69) is 32.1 Å². The van der Waals surface area contributed by atoms with Gasteiger partial charge in [0.1, 0.15) is 30.1 Å². The lowest BCUT2D eigenvalue weighted by Gasteiger charge is -2.16. The van der Waals surface area contributed by atoms with Gasteiger partial charge in [0, 0.05) is 31.8 Å². The number of para-hydroxylation sites is 1. The smallest absolute Gasteiger partial charge is 0.246 e. The Morgan fingerprint density at radius 1 is 1.33 bits per heavy atom. The summed E-state index contributed by atoms with van der Waals surface area (Å²) in [6, 6.07) is 11.7. The lowest BCUT2D eigenvalue weighted by atomic mass is 10.2. The first kappa shape index (κ1) is 22.4. The number of carbonyl (C=O) groups is 1. The van der Waals surface area contributed by atoms with Crippen LogP contribution in [0.2, 0.25) is 0 Å². The molecule has 1 fully saturated rings. The number of hydrogen-bond acceptors (Lipinski definition) is 6. The molecule has 2 aromatic heterocycles. The van der Waals surface area contributed by atoms with Gasteiger partial charge in [0.15, 0.2) is 0 Å². The number of likely N-dealkylation sites (N-methyl/N-ethyl adjacent to an activating group) is 1. The van der Waals surface area contributed by atoms with Crippen molar-refractivity contribution in [3.8, 4) is 17.6 Å². The van der Waals surface area contributed by atoms with E-state index in [1.807, 2.05) is 66.4 Å². The summed E-state index contributed by atoms with van der Waals surface area (Å²) in [6.07, 6.45) is 5.94. The van der Waals surface area contributed by atoms with Gasteiger partial charge in [0.05, 0.1) is 11.1 Å². The highest BCUT2D eigenvalue weighted by Crippen LogP contribution is 2.23. The number of hydrogen-bond donors (Lipinski definition) is 2. The van der Waals surface area contributed by atoms with Crippen molar-refractivity contribution in [3.63, 3.8) is 0 Å². The van der Waals surface area contributed by atoms with Crippen LogP contribution in [0.5, 0.6) is 5.75 Å². The zero-order valence-electron chi connectivity index (χ0n) is 18.9. The van der Waals surface area contributed by atoms with Crippen LogP contribution in [-0.2, 0) is 4.79 Å². The number of H-pyrrole nitrogens is 1. The van der Waals surface area contributed by atoms with E-state index in [9.17, 15) is 4.79 Å². The number of amides is 1. The van der Waals surface area contributed by atoms with Gasteiger partial charge < -0.3 is 24.8 Å². The number of carbonyl (C=O) groups excluding carboxylic acids is 1. The number of benzene rings is 1. The minimum Gasteiger partial charge on any atom is -0.481 e. The fourth-order valence-electron chi connectivity index (χ4n) is 3.63. The molecule has 1 amide bonds. The quantitative estimate of drug-likeness (QED) is 0.430. The zero-order chi connectivity index (χ0) is 23.0. The molecule has 1 atom stereocenters. The third kappa shape index (κ3) is 6.11. The third-order valence-electron chi connectivity index (χ3n) is 5.27. The molecule has 8 heteroatoms. The van der Waals surface area contributed by atoms with Crippen LogP contribution in [0.3, 0.4) is 0 Å². The molecular weight excluding hydrogens is 416 g/mol. The highest BCUT2D eigenvalue weighted by molar-refractivity contribution is 5.89. The Bertz CT molecular complexity index is 1180. The van der Waals surface area contributed by atoms with Crippen LogP contribution in [-0.4, -0.2) is 77.0 Å². The first-order chi connectivity index (χ1) is 16.1. The van der Waals surface area contributed by atoms with E-state index < -0.39 is 0 Å². The molecule has 0 bridgehead atoms. The molecule has 1 aromatic carbocycles. The first-order valence-corrected chi connectivity index (χ1v) is 11.0. The van der Waals surface area contributed by atoms with Crippen molar-refractivity contribution in [1.82, 2.24) is 24.8 Å². The van der Waals surface area contributed by atoms with E-state index >= 15 is 0 Å². The number of fused-ring (bicyclic) bond motifs is 1. The summed E-state index contributed by atoms with van der Waals surface area (Å²) in [4.78, 5) is 28.2. The van der Waals surface area contributed by atoms with Gasteiger partial charge in [0.2, 0.25) is 5.91 Å². The predicted octanol–water partition coefficient (Wildman–Crippen LogP) is 2.52. The van der Waals surface area contributed by atoms with Crippen LogP contribution in [0, 0.1) is 11.8 Å². The second-order valence-corrected chi connectivity index (χ2v) is 8.15. The summed E-state index contributed by atoms with van der Waals surface area (Å²) in [5.74, 6) is 7.68. The largest absolute Gasteiger partial charge is 0.481 e. The lowest BCUT2D eigenvalue weighted by molar-refractivity contribution is -0.125. The molecule has 0 aliphatic carbocycles. The SMILES string of the molecule is CN(C)CC=CC(=O)N1CC[C@@H](Nc2ncnc3[nH]c(C#CCOc4ccccc4)cc23)C1. The van der Waals surface area contributed by atoms with Gasteiger partial charge in [-0.2, -0.15) is 0 Å². The van der Waals surface area contributed by atoms with Crippen LogP contribution in [0.1, 0.15) is 12.1 Å². The molecule has 8 nitrogen and oxygen atoms in total. The second kappa shape index (κ2) is 10.7. The predicted molar refractivity (Wildman–Crippen MR) is 129 cm³/mol. The van der Waals surface area contributed by atoms with E-state index in [1.165, 1.54) is 6.33 Å². The molecule has 0 unspecified atom stereocenters. The molecule has 4 rings (SSSR count). The summed E-state index contributed by atoms with van der Waals surface area (Å²) in [5.41, 5.74) is 1.47. The van der Waals surface area contributed by atoms with E-state index in [-0.39, 0.29) is 11.9 Å². The maximum Gasteiger partial charge on any atom is 0.246 e. The van der Waals surface area contributed by atoms with Gasteiger partial charge in [0.25, 0.3) is 0 Å². The Labute approximate surface area is 193 Å². The van der Waals surface area contributed by atoms with Crippen LogP contribution in [0.4, 0.5) is 5.82 Å². The molecule has 0 saturated carbocycles. The van der Waals surface area contributed by atoms with Gasteiger partial charge in [-0.05, 0) is 44.6 Å². The van der Waals surface area contributed by atoms with E-state index in [0.717, 1.165) is 47.8 Å². The van der Waals surface area contributed by atoms with Gasteiger partial charge in [-0.3, -0.25) is 4.79 Å². The van der Waals surface area contributed by atoms with E-state index in [4.69, 9.17) is 4.74 Å². The van der Waals surface area contributed by atoms with Crippen LogP contribution in [0.15, 0.2) is 54.9 Å². The molecule has 3 heterocycles. The minimum atomic E-state index is 0.0471. The van der Waals surface area contributed by atoms with Crippen LogP contribution < -0.4 is 10.1 Å². The Balaban J connectivity index is 1.36. The molecule has 0 spiro atoms. The summed E-state index contributed by atoms with van der Waals surface area (Å²) < 4.78 is 5.61. The highest BCUT2D eigenvalue weighted by atomic mass is 16.5. The summed E-state index contributed by atoms with van der Waals surface area (Å²) in [5, 5.41) is 4.35. The Morgan fingerprint density at radius 2 is 2.18 bits per heavy atom. The Hall–Kier alpha value is -3.83. The second-order valence-electron chi connectivity index (χ2n) is 8.15. The van der Waals surface area contributed by atoms with Gasteiger partial charge in [-0.25, -0.2) is 9.97 Å². The number of anilines is 1. The number of ether oxygens (including phenoxy) is 1. The number of likely N-dealkylation sites (tertiary alicyclic amines) is 1. The maximum absolute atomic E-state index is 12.4. The van der Waals surface area contributed by atoms with Crippen molar-refractivity contribution in [2.75, 3.05) is 45.7 Å². The molecule has 0 radical (unpaired) electrons. The Morgan fingerprint density at radius 3 is 3.00 bits per heavy atom. The third-order valence-corrected chi connectivity index (χ3v) is 5.27. The number of aromatic amines is 1. The lowest BCUT2D eigenvalue weighted by Crippen LogP contribution is -2.30. The fourth-order valence-corrected chi connectivity index (χ4v) is 3.63. The first-order valence-electron chi connectivity index (χ1n) is 11.0. The molecule has 170 valence electrons.